The minimum atomic E-state index is -3.69. The molecule has 1 fully saturated rings. The summed E-state index contributed by atoms with van der Waals surface area (Å²) < 4.78 is 36.7. The van der Waals surface area contributed by atoms with Gasteiger partial charge in [0.2, 0.25) is 10.0 Å². The fraction of sp³-hybridized carbons (Fsp3) is 0.294. The summed E-state index contributed by atoms with van der Waals surface area (Å²) in [7, 11) is -1.58. The van der Waals surface area contributed by atoms with Gasteiger partial charge in [0, 0.05) is 50.3 Å². The van der Waals surface area contributed by atoms with E-state index in [0.29, 0.717) is 34.8 Å². The summed E-state index contributed by atoms with van der Waals surface area (Å²) in [5.74, 6) is -0.575. The largest absolute Gasteiger partial charge is 0.460 e. The van der Waals surface area contributed by atoms with E-state index >= 15 is 0 Å². The number of ether oxygens (including phenoxy) is 1. The van der Waals surface area contributed by atoms with Gasteiger partial charge in [0.15, 0.2) is 0 Å². The van der Waals surface area contributed by atoms with Crippen molar-refractivity contribution in [3.05, 3.63) is 107 Å². The maximum Gasteiger partial charge on any atom is 0.355 e. The lowest BCUT2D eigenvalue weighted by Crippen LogP contribution is -2.45. The van der Waals surface area contributed by atoms with E-state index in [1.165, 1.54) is 0 Å². The van der Waals surface area contributed by atoms with Crippen molar-refractivity contribution in [2.45, 2.75) is 18.8 Å². The van der Waals surface area contributed by atoms with Gasteiger partial charge in [-0.15, -0.1) is 0 Å². The van der Waals surface area contributed by atoms with Gasteiger partial charge < -0.3 is 19.9 Å². The first-order chi connectivity index (χ1) is 21.8. The molecule has 0 saturated carbocycles. The summed E-state index contributed by atoms with van der Waals surface area (Å²) in [5.41, 5.74) is 9.59. The van der Waals surface area contributed by atoms with Gasteiger partial charge >= 0.3 is 5.97 Å². The van der Waals surface area contributed by atoms with Crippen molar-refractivity contribution in [2.24, 2.45) is 5.73 Å². The summed E-state index contributed by atoms with van der Waals surface area (Å²) in [6, 6.07) is 26.1. The summed E-state index contributed by atoms with van der Waals surface area (Å²) in [4.78, 5) is 22.9. The number of aromatic nitrogens is 2. The SMILES string of the molecule is CN1CCN(CCOC(=O)c2cc3ccc(CN)nc3n2Cc2cc(NS(=O)(=O)Cc3ccccc3)cc3ccccc23)CC1. The van der Waals surface area contributed by atoms with Crippen LogP contribution in [0.1, 0.15) is 27.3 Å². The van der Waals surface area contributed by atoms with Gasteiger partial charge in [-0.25, -0.2) is 18.2 Å². The highest BCUT2D eigenvalue weighted by atomic mass is 32.2. The molecule has 0 spiro atoms. The number of rotatable bonds is 11. The third kappa shape index (κ3) is 7.34. The molecule has 0 bridgehead atoms. The first-order valence-electron chi connectivity index (χ1n) is 15.1. The molecule has 0 amide bonds. The van der Waals surface area contributed by atoms with Crippen LogP contribution in [-0.4, -0.2) is 80.1 Å². The number of carbonyl (C=O) groups is 1. The van der Waals surface area contributed by atoms with Crippen molar-refractivity contribution in [3.63, 3.8) is 0 Å². The van der Waals surface area contributed by atoms with E-state index in [0.717, 1.165) is 47.9 Å². The molecule has 1 aliphatic rings. The molecule has 6 rings (SSSR count). The standard InChI is InChI=1S/C34H38N6O4S/c1-38-13-15-39(16-14-38)17-18-44-34(41)32-21-27-11-12-29(22-35)36-33(27)40(32)23-28-20-30(19-26-9-5-6-10-31(26)28)37-45(42,43)24-25-7-3-2-4-8-25/h2-12,19-21,37H,13-18,22-24,35H2,1H3. The number of pyridine rings is 1. The highest BCUT2D eigenvalue weighted by Crippen LogP contribution is 2.29. The zero-order chi connectivity index (χ0) is 31.4. The number of nitrogens with zero attached hydrogens (tertiary/aromatic N) is 4. The Labute approximate surface area is 263 Å². The predicted octanol–water partition coefficient (Wildman–Crippen LogP) is 4.04. The van der Waals surface area contributed by atoms with Crippen LogP contribution in [0, 0.1) is 0 Å². The molecule has 3 heterocycles. The molecule has 45 heavy (non-hydrogen) atoms. The Morgan fingerprint density at radius 2 is 1.69 bits per heavy atom. The molecule has 234 valence electrons. The number of esters is 1. The van der Waals surface area contributed by atoms with E-state index in [1.54, 1.807) is 18.2 Å². The third-order valence-corrected chi connectivity index (χ3v) is 9.47. The second-order valence-electron chi connectivity index (χ2n) is 11.5. The first kappa shape index (κ1) is 30.7. The Morgan fingerprint density at radius 1 is 0.933 bits per heavy atom. The molecule has 10 nitrogen and oxygen atoms in total. The smallest absolute Gasteiger partial charge is 0.355 e. The van der Waals surface area contributed by atoms with Crippen molar-refractivity contribution in [2.75, 3.05) is 51.1 Å². The van der Waals surface area contributed by atoms with Crippen LogP contribution in [0.3, 0.4) is 0 Å². The Kier molecular flexibility index (Phi) is 9.13. The number of likely N-dealkylation sites (N-methyl/N-ethyl adjacent to an activating group) is 1. The van der Waals surface area contributed by atoms with Gasteiger partial charge in [-0.05, 0) is 59.3 Å². The Morgan fingerprint density at radius 3 is 2.47 bits per heavy atom. The lowest BCUT2D eigenvalue weighted by Gasteiger charge is -2.32. The Balaban J connectivity index is 1.31. The number of anilines is 1. The molecule has 11 heteroatoms. The molecule has 1 saturated heterocycles. The normalized spacial score (nSPS) is 14.6. The van der Waals surface area contributed by atoms with Crippen LogP contribution < -0.4 is 10.5 Å². The monoisotopic (exact) mass is 626 g/mol. The molecule has 0 radical (unpaired) electrons. The zero-order valence-corrected chi connectivity index (χ0v) is 26.2. The molecular weight excluding hydrogens is 588 g/mol. The van der Waals surface area contributed by atoms with Crippen molar-refractivity contribution < 1.29 is 17.9 Å². The van der Waals surface area contributed by atoms with Gasteiger partial charge in [0.25, 0.3) is 0 Å². The lowest BCUT2D eigenvalue weighted by atomic mass is 10.0. The van der Waals surface area contributed by atoms with Crippen LogP contribution in [0.2, 0.25) is 0 Å². The van der Waals surface area contributed by atoms with Crippen LogP contribution in [0.15, 0.2) is 84.9 Å². The Bertz CT molecular complexity index is 1920. The average molecular weight is 627 g/mol. The number of benzene rings is 3. The molecule has 3 aromatic carbocycles. The van der Waals surface area contributed by atoms with Crippen LogP contribution in [0.25, 0.3) is 21.8 Å². The molecular formula is C34H38N6O4S. The number of nitrogens with one attached hydrogen (secondary N) is 1. The topological polar surface area (TPSA) is 123 Å². The van der Waals surface area contributed by atoms with Crippen LogP contribution in [0.5, 0.6) is 0 Å². The predicted molar refractivity (Wildman–Crippen MR) is 178 cm³/mol. The van der Waals surface area contributed by atoms with Crippen molar-refractivity contribution in [1.82, 2.24) is 19.4 Å². The van der Waals surface area contributed by atoms with Gasteiger partial charge in [-0.1, -0.05) is 54.6 Å². The maximum absolute atomic E-state index is 13.6. The lowest BCUT2D eigenvalue weighted by molar-refractivity contribution is 0.0421. The molecule has 0 atom stereocenters. The summed E-state index contributed by atoms with van der Waals surface area (Å²) in [6.07, 6.45) is 0. The second-order valence-corrected chi connectivity index (χ2v) is 13.2. The number of nitrogens with two attached hydrogens (primary N) is 1. The molecule has 1 aliphatic heterocycles. The van der Waals surface area contributed by atoms with E-state index in [1.807, 2.05) is 71.3 Å². The highest BCUT2D eigenvalue weighted by molar-refractivity contribution is 7.91. The number of hydrogen-bond donors (Lipinski definition) is 2. The summed E-state index contributed by atoms with van der Waals surface area (Å²) in [6.45, 7) is 5.35. The van der Waals surface area contributed by atoms with Crippen LogP contribution in [-0.2, 0) is 33.6 Å². The summed E-state index contributed by atoms with van der Waals surface area (Å²) >= 11 is 0. The zero-order valence-electron chi connectivity index (χ0n) is 25.4. The van der Waals surface area contributed by atoms with Gasteiger partial charge in [-0.2, -0.15) is 0 Å². The molecule has 5 aromatic rings. The van der Waals surface area contributed by atoms with Crippen molar-refractivity contribution in [1.29, 1.82) is 0 Å². The van der Waals surface area contributed by atoms with Gasteiger partial charge in [-0.3, -0.25) is 9.62 Å². The highest BCUT2D eigenvalue weighted by Gasteiger charge is 2.21. The molecule has 2 aromatic heterocycles. The van der Waals surface area contributed by atoms with Crippen LogP contribution >= 0.6 is 0 Å². The fourth-order valence-electron chi connectivity index (χ4n) is 5.78. The number of fused-ring (bicyclic) bond motifs is 2. The van der Waals surface area contributed by atoms with Crippen molar-refractivity contribution in [3.8, 4) is 0 Å². The minimum absolute atomic E-state index is 0.145. The van der Waals surface area contributed by atoms with E-state index in [2.05, 4.69) is 21.6 Å². The second kappa shape index (κ2) is 13.4. The number of hydrogen-bond acceptors (Lipinski definition) is 8. The van der Waals surface area contributed by atoms with E-state index in [9.17, 15) is 13.2 Å². The first-order valence-corrected chi connectivity index (χ1v) is 16.8. The Hall–Kier alpha value is -4.29. The molecule has 0 aliphatic carbocycles. The number of piperazine rings is 1. The van der Waals surface area contributed by atoms with Gasteiger partial charge in [0.1, 0.15) is 17.9 Å². The van der Waals surface area contributed by atoms with E-state index in [-0.39, 0.29) is 25.4 Å². The quantitative estimate of drug-likeness (QED) is 0.211. The third-order valence-electron chi connectivity index (χ3n) is 8.21. The fourth-order valence-corrected chi connectivity index (χ4v) is 6.96. The van der Waals surface area contributed by atoms with Gasteiger partial charge in [0.05, 0.1) is 18.0 Å². The maximum atomic E-state index is 13.6. The molecule has 3 N–H and O–H groups in total. The number of carbonyl (C=O) groups excluding carboxylic acids is 1. The average Bonchev–Trinajstić information content (AvgIpc) is 3.39. The summed E-state index contributed by atoms with van der Waals surface area (Å²) in [5, 5.41) is 2.60. The van der Waals surface area contributed by atoms with Crippen molar-refractivity contribution >= 4 is 43.5 Å². The van der Waals surface area contributed by atoms with Crippen LogP contribution in [0.4, 0.5) is 5.69 Å². The van der Waals surface area contributed by atoms with E-state index in [4.69, 9.17) is 15.5 Å². The number of sulfonamides is 1. The minimum Gasteiger partial charge on any atom is -0.460 e. The van der Waals surface area contributed by atoms with E-state index < -0.39 is 16.0 Å². The molecule has 0 unspecified atom stereocenters.